The van der Waals surface area contributed by atoms with Gasteiger partial charge in [0.15, 0.2) is 0 Å². The molecule has 3 heteroatoms. The van der Waals surface area contributed by atoms with E-state index in [4.69, 9.17) is 4.42 Å². The van der Waals surface area contributed by atoms with Gasteiger partial charge in [0.1, 0.15) is 11.5 Å². The molecule has 3 unspecified atom stereocenters. The monoisotopic (exact) mass is 293 g/mol. The van der Waals surface area contributed by atoms with Crippen LogP contribution in [-0.2, 0) is 6.42 Å². The zero-order chi connectivity index (χ0) is 14.3. The van der Waals surface area contributed by atoms with E-state index >= 15 is 0 Å². The highest BCUT2D eigenvalue weighted by atomic mass is 32.2. The third-order valence-electron chi connectivity index (χ3n) is 4.76. The van der Waals surface area contributed by atoms with Crippen LogP contribution in [0.15, 0.2) is 10.5 Å². The van der Waals surface area contributed by atoms with Crippen molar-refractivity contribution >= 4 is 11.8 Å². The molecule has 3 rings (SSSR count). The molecule has 20 heavy (non-hydrogen) atoms. The molecule has 2 nitrogen and oxygen atoms in total. The Labute approximate surface area is 127 Å². The number of thioether (sulfide) groups is 1. The van der Waals surface area contributed by atoms with Crippen LogP contribution >= 0.6 is 11.8 Å². The second-order valence-electron chi connectivity index (χ2n) is 7.32. The van der Waals surface area contributed by atoms with E-state index in [1.54, 1.807) is 0 Å². The highest BCUT2D eigenvalue weighted by Crippen LogP contribution is 2.43. The van der Waals surface area contributed by atoms with E-state index in [1.165, 1.54) is 36.3 Å². The largest absolute Gasteiger partial charge is 0.466 e. The molecule has 1 aliphatic carbocycles. The van der Waals surface area contributed by atoms with Crippen molar-refractivity contribution in [3.05, 3.63) is 23.2 Å². The van der Waals surface area contributed by atoms with E-state index < -0.39 is 0 Å². The zero-order valence-electron chi connectivity index (χ0n) is 13.2. The third-order valence-corrected chi connectivity index (χ3v) is 6.14. The first-order chi connectivity index (χ1) is 9.44. The molecule has 1 saturated heterocycles. The summed E-state index contributed by atoms with van der Waals surface area (Å²) in [6.07, 6.45) is 4.95. The van der Waals surface area contributed by atoms with Crippen LogP contribution in [0, 0.1) is 12.3 Å². The molecule has 1 fully saturated rings. The summed E-state index contributed by atoms with van der Waals surface area (Å²) in [5.41, 5.74) is 1.75. The van der Waals surface area contributed by atoms with Crippen LogP contribution in [-0.4, -0.2) is 17.0 Å². The number of aryl methyl sites for hydroxylation is 1. The van der Waals surface area contributed by atoms with E-state index in [0.717, 1.165) is 17.4 Å². The van der Waals surface area contributed by atoms with Crippen molar-refractivity contribution in [1.82, 2.24) is 5.32 Å². The molecule has 112 valence electrons. The number of nitrogens with one attached hydrogen (secondary N) is 1. The normalized spacial score (nSPS) is 32.9. The Kier molecular flexibility index (Phi) is 3.93. The number of rotatable bonds is 2. The summed E-state index contributed by atoms with van der Waals surface area (Å²) in [5.74, 6) is 3.60. The topological polar surface area (TPSA) is 25.2 Å². The number of furan rings is 1. The lowest BCUT2D eigenvalue weighted by atomic mass is 9.74. The van der Waals surface area contributed by atoms with Gasteiger partial charge in [0.25, 0.3) is 0 Å². The standard InChI is InChI=1S/C17H27NOS/c1-11-8-13-15(9-17(3,4)10-16(13)19-11)18-14-6-5-7-20-12(14)2/h8,12,14-15,18H,5-7,9-10H2,1-4H3. The molecule has 0 spiro atoms. The molecule has 0 radical (unpaired) electrons. The van der Waals surface area contributed by atoms with Gasteiger partial charge in [0.2, 0.25) is 0 Å². The molecule has 0 aromatic carbocycles. The Balaban J connectivity index is 1.81. The maximum absolute atomic E-state index is 5.94. The summed E-state index contributed by atoms with van der Waals surface area (Å²) in [6.45, 7) is 9.17. The molecule has 2 aliphatic rings. The van der Waals surface area contributed by atoms with Crippen molar-refractivity contribution in [3.63, 3.8) is 0 Å². The fourth-order valence-corrected chi connectivity index (χ4v) is 4.89. The van der Waals surface area contributed by atoms with Gasteiger partial charge in [-0.1, -0.05) is 20.8 Å². The Bertz CT molecular complexity index is 479. The van der Waals surface area contributed by atoms with Gasteiger partial charge in [-0.25, -0.2) is 0 Å². The molecule has 1 aliphatic heterocycles. The van der Waals surface area contributed by atoms with Crippen molar-refractivity contribution in [2.45, 2.75) is 70.7 Å². The van der Waals surface area contributed by atoms with E-state index in [9.17, 15) is 0 Å². The second-order valence-corrected chi connectivity index (χ2v) is 8.81. The number of hydrogen-bond acceptors (Lipinski definition) is 3. The molecule has 1 N–H and O–H groups in total. The van der Waals surface area contributed by atoms with Crippen molar-refractivity contribution in [3.8, 4) is 0 Å². The van der Waals surface area contributed by atoms with Crippen LogP contribution in [0.5, 0.6) is 0 Å². The lowest BCUT2D eigenvalue weighted by Gasteiger charge is -2.39. The quantitative estimate of drug-likeness (QED) is 0.870. The first-order valence-electron chi connectivity index (χ1n) is 7.91. The minimum Gasteiger partial charge on any atom is -0.466 e. The molecule has 1 aromatic heterocycles. The first kappa shape index (κ1) is 14.5. The van der Waals surface area contributed by atoms with E-state index in [-0.39, 0.29) is 0 Å². The minimum atomic E-state index is 0.333. The smallest absolute Gasteiger partial charge is 0.109 e. The summed E-state index contributed by atoms with van der Waals surface area (Å²) in [5, 5.41) is 4.68. The Morgan fingerprint density at radius 3 is 2.95 bits per heavy atom. The summed E-state index contributed by atoms with van der Waals surface area (Å²) in [4.78, 5) is 0. The molecular weight excluding hydrogens is 266 g/mol. The summed E-state index contributed by atoms with van der Waals surface area (Å²) < 4.78 is 5.94. The summed E-state index contributed by atoms with van der Waals surface area (Å²) >= 11 is 2.12. The molecule has 0 amide bonds. The van der Waals surface area contributed by atoms with E-state index in [2.05, 4.69) is 50.8 Å². The lowest BCUT2D eigenvalue weighted by Crippen LogP contribution is -2.44. The van der Waals surface area contributed by atoms with Crippen LogP contribution in [0.1, 0.15) is 63.2 Å². The van der Waals surface area contributed by atoms with Gasteiger partial charge in [-0.05, 0) is 43.4 Å². The van der Waals surface area contributed by atoms with Gasteiger partial charge in [-0.2, -0.15) is 11.8 Å². The van der Waals surface area contributed by atoms with Gasteiger partial charge in [0, 0.05) is 29.3 Å². The Morgan fingerprint density at radius 2 is 2.20 bits per heavy atom. The highest BCUT2D eigenvalue weighted by molar-refractivity contribution is 7.99. The minimum absolute atomic E-state index is 0.333. The van der Waals surface area contributed by atoms with Crippen molar-refractivity contribution in [2.24, 2.45) is 5.41 Å². The number of fused-ring (bicyclic) bond motifs is 1. The van der Waals surface area contributed by atoms with Crippen LogP contribution in [0.2, 0.25) is 0 Å². The lowest BCUT2D eigenvalue weighted by molar-refractivity contribution is 0.221. The maximum atomic E-state index is 5.94. The molecule has 0 bridgehead atoms. The molecular formula is C17H27NOS. The first-order valence-corrected chi connectivity index (χ1v) is 8.96. The number of hydrogen-bond donors (Lipinski definition) is 1. The van der Waals surface area contributed by atoms with Gasteiger partial charge in [0.05, 0.1) is 0 Å². The van der Waals surface area contributed by atoms with Crippen molar-refractivity contribution in [1.29, 1.82) is 0 Å². The van der Waals surface area contributed by atoms with Crippen LogP contribution in [0.25, 0.3) is 0 Å². The fourth-order valence-electron chi connectivity index (χ4n) is 3.73. The van der Waals surface area contributed by atoms with Gasteiger partial charge >= 0.3 is 0 Å². The summed E-state index contributed by atoms with van der Waals surface area (Å²) in [7, 11) is 0. The average molecular weight is 293 g/mol. The van der Waals surface area contributed by atoms with Gasteiger partial charge in [-0.15, -0.1) is 0 Å². The third kappa shape index (κ3) is 2.94. The zero-order valence-corrected chi connectivity index (χ0v) is 14.0. The summed E-state index contributed by atoms with van der Waals surface area (Å²) in [6, 6.07) is 3.37. The van der Waals surface area contributed by atoms with E-state index in [0.29, 0.717) is 17.5 Å². The van der Waals surface area contributed by atoms with Crippen LogP contribution in [0.4, 0.5) is 0 Å². The maximum Gasteiger partial charge on any atom is 0.109 e. The molecule has 2 heterocycles. The molecule has 1 aromatic rings. The fraction of sp³-hybridized carbons (Fsp3) is 0.765. The van der Waals surface area contributed by atoms with Crippen molar-refractivity contribution in [2.75, 3.05) is 5.75 Å². The van der Waals surface area contributed by atoms with Gasteiger partial charge < -0.3 is 9.73 Å². The van der Waals surface area contributed by atoms with Crippen molar-refractivity contribution < 1.29 is 4.42 Å². The van der Waals surface area contributed by atoms with E-state index in [1.807, 2.05) is 0 Å². The average Bonchev–Trinajstić information content (AvgIpc) is 2.71. The predicted octanol–water partition coefficient (Wildman–Crippen LogP) is 4.48. The predicted molar refractivity (Wildman–Crippen MR) is 86.4 cm³/mol. The van der Waals surface area contributed by atoms with Crippen LogP contribution in [0.3, 0.4) is 0 Å². The second kappa shape index (κ2) is 5.42. The van der Waals surface area contributed by atoms with Crippen LogP contribution < -0.4 is 5.32 Å². The highest BCUT2D eigenvalue weighted by Gasteiger charge is 2.36. The SMILES string of the molecule is Cc1cc2c(o1)CC(C)(C)CC2NC1CCCSC1C. The van der Waals surface area contributed by atoms with Gasteiger partial charge in [-0.3, -0.25) is 0 Å². The molecule has 0 saturated carbocycles. The Hall–Kier alpha value is -0.410. The molecule has 3 atom stereocenters. The Morgan fingerprint density at radius 1 is 1.40 bits per heavy atom.